The Kier molecular flexibility index (Phi) is 5.36. The van der Waals surface area contributed by atoms with Crippen molar-refractivity contribution in [2.24, 2.45) is 11.3 Å². The van der Waals surface area contributed by atoms with E-state index in [4.69, 9.17) is 9.47 Å². The molecule has 6 heteroatoms. The van der Waals surface area contributed by atoms with Crippen molar-refractivity contribution >= 4 is 23.4 Å². The molecule has 1 aliphatic heterocycles. The molecule has 0 saturated heterocycles. The molecule has 0 fully saturated rings. The van der Waals surface area contributed by atoms with Gasteiger partial charge in [-0.2, -0.15) is 0 Å². The first kappa shape index (κ1) is 18.1. The highest BCUT2D eigenvalue weighted by Gasteiger charge is 2.38. The minimum absolute atomic E-state index is 0.0426. The van der Waals surface area contributed by atoms with Crippen LogP contribution in [0.2, 0.25) is 0 Å². The lowest BCUT2D eigenvalue weighted by atomic mass is 9.92. The Morgan fingerprint density at radius 1 is 1.42 bits per heavy atom. The second kappa shape index (κ2) is 7.11. The lowest BCUT2D eigenvalue weighted by Gasteiger charge is -2.29. The van der Waals surface area contributed by atoms with E-state index in [0.717, 1.165) is 5.69 Å². The van der Waals surface area contributed by atoms with Crippen LogP contribution in [0.3, 0.4) is 0 Å². The van der Waals surface area contributed by atoms with Crippen LogP contribution in [-0.4, -0.2) is 31.8 Å². The number of anilines is 2. The fourth-order valence-electron chi connectivity index (χ4n) is 2.56. The zero-order chi connectivity index (χ0) is 17.9. The molecule has 0 saturated carbocycles. The summed E-state index contributed by atoms with van der Waals surface area (Å²) in [5.41, 5.74) is 0.695. The van der Waals surface area contributed by atoms with Gasteiger partial charge in [0.15, 0.2) is 0 Å². The van der Waals surface area contributed by atoms with E-state index in [2.05, 4.69) is 19.2 Å². The third-order valence-corrected chi connectivity index (χ3v) is 3.73. The van der Waals surface area contributed by atoms with E-state index >= 15 is 0 Å². The largest absolute Gasteiger partial charge is 0.490 e. The molecule has 1 aromatic carbocycles. The van der Waals surface area contributed by atoms with Gasteiger partial charge >= 0.3 is 6.09 Å². The van der Waals surface area contributed by atoms with Gasteiger partial charge in [0.2, 0.25) is 5.91 Å². The van der Waals surface area contributed by atoms with Gasteiger partial charge in [0, 0.05) is 18.3 Å². The summed E-state index contributed by atoms with van der Waals surface area (Å²) in [6.07, 6.45) is -0.512. The van der Waals surface area contributed by atoms with Crippen LogP contribution in [-0.2, 0) is 9.53 Å². The third kappa shape index (κ3) is 3.99. The number of ether oxygens (including phenoxy) is 2. The maximum absolute atomic E-state index is 12.9. The van der Waals surface area contributed by atoms with Crippen molar-refractivity contribution in [2.75, 3.05) is 30.0 Å². The molecule has 2 amide bonds. The van der Waals surface area contributed by atoms with Gasteiger partial charge in [0.05, 0.1) is 17.7 Å². The Hall–Kier alpha value is -2.24. The van der Waals surface area contributed by atoms with Gasteiger partial charge in [-0.3, -0.25) is 10.1 Å². The number of nitrogens with one attached hydrogen (secondary N) is 1. The standard InChI is InChI=1S/C18H26N2O4/c1-6-23-17(22)19-13-7-8-14-15(9-13)24-11-18(4,5)16(21)20(14)10-12(2)3/h7-9,12H,6,10-11H2,1-5H3,(H,19,22). The average molecular weight is 334 g/mol. The van der Waals surface area contributed by atoms with Gasteiger partial charge in [-0.15, -0.1) is 0 Å². The molecule has 0 aromatic heterocycles. The average Bonchev–Trinajstić information content (AvgIpc) is 2.58. The fraction of sp³-hybridized carbons (Fsp3) is 0.556. The molecule has 1 N–H and O–H groups in total. The minimum atomic E-state index is -0.608. The summed E-state index contributed by atoms with van der Waals surface area (Å²) < 4.78 is 10.8. The molecule has 6 nitrogen and oxygen atoms in total. The van der Waals surface area contributed by atoms with Crippen molar-refractivity contribution in [3.05, 3.63) is 18.2 Å². The number of carbonyl (C=O) groups is 2. The topological polar surface area (TPSA) is 67.9 Å². The zero-order valence-electron chi connectivity index (χ0n) is 15.0. The molecule has 0 aliphatic carbocycles. The minimum Gasteiger partial charge on any atom is -0.490 e. The van der Waals surface area contributed by atoms with E-state index in [-0.39, 0.29) is 12.5 Å². The second-order valence-corrected chi connectivity index (χ2v) is 7.01. The van der Waals surface area contributed by atoms with E-state index in [0.29, 0.717) is 30.5 Å². The summed E-state index contributed by atoms with van der Waals surface area (Å²) in [6, 6.07) is 5.28. The lowest BCUT2D eigenvalue weighted by Crippen LogP contribution is -2.43. The number of fused-ring (bicyclic) bond motifs is 1. The van der Waals surface area contributed by atoms with Gasteiger partial charge in [-0.25, -0.2) is 4.79 Å². The van der Waals surface area contributed by atoms with Crippen LogP contribution in [0, 0.1) is 11.3 Å². The Morgan fingerprint density at radius 2 is 2.12 bits per heavy atom. The van der Waals surface area contributed by atoms with E-state index < -0.39 is 11.5 Å². The molecule has 0 radical (unpaired) electrons. The van der Waals surface area contributed by atoms with Gasteiger partial charge in [-0.05, 0) is 38.8 Å². The molecule has 0 spiro atoms. The molecule has 1 aliphatic rings. The van der Waals surface area contributed by atoms with Crippen molar-refractivity contribution in [3.63, 3.8) is 0 Å². The van der Waals surface area contributed by atoms with Gasteiger partial charge in [0.1, 0.15) is 12.4 Å². The molecule has 2 rings (SSSR count). The summed E-state index contributed by atoms with van der Waals surface area (Å²) in [4.78, 5) is 26.2. The Balaban J connectivity index is 2.35. The summed E-state index contributed by atoms with van der Waals surface area (Å²) in [6.45, 7) is 10.9. The van der Waals surface area contributed by atoms with E-state index in [1.807, 2.05) is 13.8 Å². The van der Waals surface area contributed by atoms with Crippen LogP contribution in [0.15, 0.2) is 18.2 Å². The number of benzene rings is 1. The third-order valence-electron chi connectivity index (χ3n) is 3.73. The van der Waals surface area contributed by atoms with Gasteiger partial charge in [-0.1, -0.05) is 13.8 Å². The van der Waals surface area contributed by atoms with Crippen molar-refractivity contribution in [2.45, 2.75) is 34.6 Å². The highest BCUT2D eigenvalue weighted by atomic mass is 16.5. The molecule has 0 unspecified atom stereocenters. The molecule has 0 atom stereocenters. The number of hydrogen-bond donors (Lipinski definition) is 1. The van der Waals surface area contributed by atoms with Crippen LogP contribution in [0.25, 0.3) is 0 Å². The molecular formula is C18H26N2O4. The van der Waals surface area contributed by atoms with Gasteiger partial charge in [0.25, 0.3) is 0 Å². The van der Waals surface area contributed by atoms with E-state index in [1.165, 1.54) is 0 Å². The summed E-state index contributed by atoms with van der Waals surface area (Å²) in [7, 11) is 0. The van der Waals surface area contributed by atoms with E-state index in [9.17, 15) is 9.59 Å². The summed E-state index contributed by atoms with van der Waals surface area (Å²) in [5, 5.41) is 2.66. The van der Waals surface area contributed by atoms with E-state index in [1.54, 1.807) is 30.0 Å². The quantitative estimate of drug-likeness (QED) is 0.912. The van der Waals surface area contributed by atoms with Crippen molar-refractivity contribution in [1.82, 2.24) is 0 Å². The predicted molar refractivity (Wildman–Crippen MR) is 93.6 cm³/mol. The van der Waals surface area contributed by atoms with Crippen LogP contribution in [0.4, 0.5) is 16.2 Å². The first-order valence-corrected chi connectivity index (χ1v) is 8.27. The van der Waals surface area contributed by atoms with Crippen LogP contribution < -0.4 is 15.0 Å². The number of carbonyl (C=O) groups excluding carboxylic acids is 2. The van der Waals surface area contributed by atoms with Crippen LogP contribution in [0.1, 0.15) is 34.6 Å². The van der Waals surface area contributed by atoms with Crippen molar-refractivity contribution in [3.8, 4) is 5.75 Å². The second-order valence-electron chi connectivity index (χ2n) is 7.01. The molecule has 132 valence electrons. The lowest BCUT2D eigenvalue weighted by molar-refractivity contribution is -0.127. The zero-order valence-corrected chi connectivity index (χ0v) is 15.0. The molecule has 24 heavy (non-hydrogen) atoms. The molecular weight excluding hydrogens is 308 g/mol. The normalized spacial score (nSPS) is 16.2. The smallest absolute Gasteiger partial charge is 0.411 e. The molecule has 1 heterocycles. The first-order chi connectivity index (χ1) is 11.2. The van der Waals surface area contributed by atoms with Gasteiger partial charge < -0.3 is 14.4 Å². The Bertz CT molecular complexity index is 625. The Labute approximate surface area is 143 Å². The number of rotatable bonds is 4. The highest BCUT2D eigenvalue weighted by Crippen LogP contribution is 2.38. The van der Waals surface area contributed by atoms with Crippen LogP contribution in [0.5, 0.6) is 5.75 Å². The maximum Gasteiger partial charge on any atom is 0.411 e. The number of amides is 2. The SMILES string of the molecule is CCOC(=O)Nc1ccc2c(c1)OCC(C)(C)C(=O)N2CC(C)C. The molecule has 0 bridgehead atoms. The van der Waals surface area contributed by atoms with Crippen molar-refractivity contribution < 1.29 is 19.1 Å². The fourth-order valence-corrected chi connectivity index (χ4v) is 2.56. The van der Waals surface area contributed by atoms with Crippen molar-refractivity contribution in [1.29, 1.82) is 0 Å². The first-order valence-electron chi connectivity index (χ1n) is 8.27. The summed E-state index contributed by atoms with van der Waals surface area (Å²) in [5.74, 6) is 0.956. The molecule has 1 aromatic rings. The highest BCUT2D eigenvalue weighted by molar-refractivity contribution is 5.99. The number of hydrogen-bond acceptors (Lipinski definition) is 4. The number of nitrogens with zero attached hydrogens (tertiary/aromatic N) is 1. The maximum atomic E-state index is 12.9. The monoisotopic (exact) mass is 334 g/mol. The summed E-state index contributed by atoms with van der Waals surface area (Å²) >= 11 is 0. The predicted octanol–water partition coefficient (Wildman–Crippen LogP) is 3.66. The Morgan fingerprint density at radius 3 is 2.75 bits per heavy atom. The van der Waals surface area contributed by atoms with Crippen LogP contribution >= 0.6 is 0 Å².